The highest BCUT2D eigenvalue weighted by Gasteiger charge is 2.31. The number of aliphatic hydroxyl groups excluding tert-OH is 1. The number of aliphatic hydroxyl groups is 1. The first kappa shape index (κ1) is 11.1. The van der Waals surface area contributed by atoms with Crippen LogP contribution in [0.1, 0.15) is 36.8 Å². The van der Waals surface area contributed by atoms with E-state index < -0.39 is 0 Å². The van der Waals surface area contributed by atoms with Gasteiger partial charge in [-0.1, -0.05) is 24.1 Å². The molecule has 1 aliphatic heterocycles. The molecule has 1 aromatic rings. The molecule has 0 bridgehead atoms. The maximum absolute atomic E-state index is 9.85. The Morgan fingerprint density at radius 3 is 3.00 bits per heavy atom. The Labute approximate surface area is 103 Å². The van der Waals surface area contributed by atoms with Crippen LogP contribution in [0.25, 0.3) is 0 Å². The van der Waals surface area contributed by atoms with E-state index in [1.165, 1.54) is 17.5 Å². The first-order valence-corrected chi connectivity index (χ1v) is 6.66. The van der Waals surface area contributed by atoms with Gasteiger partial charge in [0.05, 0.1) is 6.10 Å². The van der Waals surface area contributed by atoms with E-state index in [-0.39, 0.29) is 12.2 Å². The van der Waals surface area contributed by atoms with Crippen molar-refractivity contribution in [3.05, 3.63) is 29.3 Å². The zero-order chi connectivity index (χ0) is 11.8. The number of benzene rings is 1. The van der Waals surface area contributed by atoms with Crippen molar-refractivity contribution < 1.29 is 9.84 Å². The van der Waals surface area contributed by atoms with Crippen molar-refractivity contribution in [2.24, 2.45) is 5.92 Å². The van der Waals surface area contributed by atoms with Crippen LogP contribution in [-0.2, 0) is 6.42 Å². The lowest BCUT2D eigenvalue weighted by atomic mass is 9.95. The smallest absolute Gasteiger partial charge is 0.123 e. The zero-order valence-electron chi connectivity index (χ0n) is 10.4. The van der Waals surface area contributed by atoms with Crippen LogP contribution < -0.4 is 4.74 Å². The second-order valence-corrected chi connectivity index (χ2v) is 5.55. The van der Waals surface area contributed by atoms with Gasteiger partial charge in [-0.05, 0) is 43.7 Å². The number of ether oxygens (including phenoxy) is 1. The minimum Gasteiger partial charge on any atom is -0.490 e. The first-order valence-electron chi connectivity index (χ1n) is 6.66. The van der Waals surface area contributed by atoms with Gasteiger partial charge in [-0.15, -0.1) is 0 Å². The summed E-state index contributed by atoms with van der Waals surface area (Å²) >= 11 is 0. The fraction of sp³-hybridized carbons (Fsp3) is 0.600. The Hall–Kier alpha value is -1.02. The van der Waals surface area contributed by atoms with Gasteiger partial charge >= 0.3 is 0 Å². The summed E-state index contributed by atoms with van der Waals surface area (Å²) < 4.78 is 5.96. The molecule has 2 nitrogen and oxygen atoms in total. The highest BCUT2D eigenvalue weighted by atomic mass is 16.5. The normalized spacial score (nSPS) is 31.3. The van der Waals surface area contributed by atoms with E-state index in [1.54, 1.807) is 0 Å². The molecule has 0 spiro atoms. The minimum atomic E-state index is -0.0935. The van der Waals surface area contributed by atoms with E-state index in [4.69, 9.17) is 4.74 Å². The van der Waals surface area contributed by atoms with Crippen LogP contribution >= 0.6 is 0 Å². The second-order valence-electron chi connectivity index (χ2n) is 5.55. The SMILES string of the molecule is Cc1ccc2c(c1)CC(CC1CCCC1O)O2. The lowest BCUT2D eigenvalue weighted by Gasteiger charge is -2.18. The molecule has 1 saturated carbocycles. The van der Waals surface area contributed by atoms with Gasteiger partial charge in [0, 0.05) is 6.42 Å². The largest absolute Gasteiger partial charge is 0.490 e. The van der Waals surface area contributed by atoms with Gasteiger partial charge in [-0.2, -0.15) is 0 Å². The molecule has 0 radical (unpaired) electrons. The summed E-state index contributed by atoms with van der Waals surface area (Å²) in [5.41, 5.74) is 2.64. The van der Waals surface area contributed by atoms with Crippen molar-refractivity contribution in [1.82, 2.24) is 0 Å². The van der Waals surface area contributed by atoms with Crippen LogP contribution in [0.4, 0.5) is 0 Å². The molecule has 3 unspecified atom stereocenters. The summed E-state index contributed by atoms with van der Waals surface area (Å²) in [6.07, 6.45) is 5.52. The third-order valence-electron chi connectivity index (χ3n) is 4.14. The van der Waals surface area contributed by atoms with Gasteiger partial charge in [0.1, 0.15) is 11.9 Å². The summed E-state index contributed by atoms with van der Waals surface area (Å²) in [5.74, 6) is 1.50. The summed E-state index contributed by atoms with van der Waals surface area (Å²) in [6, 6.07) is 6.40. The third kappa shape index (κ3) is 2.19. The number of rotatable bonds is 2. The summed E-state index contributed by atoms with van der Waals surface area (Å²) in [5, 5.41) is 9.85. The van der Waals surface area contributed by atoms with E-state index in [0.29, 0.717) is 5.92 Å². The molecule has 3 rings (SSSR count). The molecule has 92 valence electrons. The van der Waals surface area contributed by atoms with Crippen LogP contribution in [-0.4, -0.2) is 17.3 Å². The minimum absolute atomic E-state index is 0.0935. The molecule has 0 amide bonds. The maximum atomic E-state index is 9.85. The van der Waals surface area contributed by atoms with Crippen molar-refractivity contribution in [2.45, 2.75) is 51.2 Å². The molecule has 1 aromatic carbocycles. The van der Waals surface area contributed by atoms with Gasteiger partial charge < -0.3 is 9.84 Å². The zero-order valence-corrected chi connectivity index (χ0v) is 10.4. The number of aryl methyl sites for hydroxylation is 1. The van der Waals surface area contributed by atoms with Crippen molar-refractivity contribution >= 4 is 0 Å². The average molecular weight is 232 g/mol. The van der Waals surface area contributed by atoms with Gasteiger partial charge in [-0.25, -0.2) is 0 Å². The summed E-state index contributed by atoms with van der Waals surface area (Å²) in [7, 11) is 0. The molecule has 1 aliphatic carbocycles. The van der Waals surface area contributed by atoms with E-state index in [2.05, 4.69) is 25.1 Å². The van der Waals surface area contributed by atoms with Gasteiger partial charge in [0.15, 0.2) is 0 Å². The predicted octanol–water partition coefficient (Wildman–Crippen LogP) is 2.85. The third-order valence-corrected chi connectivity index (χ3v) is 4.14. The van der Waals surface area contributed by atoms with Crippen LogP contribution in [0, 0.1) is 12.8 Å². The average Bonchev–Trinajstić information content (AvgIpc) is 2.85. The summed E-state index contributed by atoms with van der Waals surface area (Å²) in [4.78, 5) is 0. The molecule has 2 aliphatic rings. The molecular weight excluding hydrogens is 212 g/mol. The maximum Gasteiger partial charge on any atom is 0.123 e. The van der Waals surface area contributed by atoms with Crippen molar-refractivity contribution in [3.8, 4) is 5.75 Å². The van der Waals surface area contributed by atoms with E-state index in [9.17, 15) is 5.11 Å². The van der Waals surface area contributed by atoms with E-state index in [1.807, 2.05) is 0 Å². The van der Waals surface area contributed by atoms with Gasteiger partial charge in [-0.3, -0.25) is 0 Å². The Morgan fingerprint density at radius 1 is 1.35 bits per heavy atom. The number of hydrogen-bond acceptors (Lipinski definition) is 2. The topological polar surface area (TPSA) is 29.5 Å². The standard InChI is InChI=1S/C15H20O2/c1-10-5-6-15-12(7-10)9-13(17-15)8-11-3-2-4-14(11)16/h5-7,11,13-14,16H,2-4,8-9H2,1H3. The molecule has 3 atom stereocenters. The Morgan fingerprint density at radius 2 is 2.24 bits per heavy atom. The number of fused-ring (bicyclic) bond motifs is 1. The lowest BCUT2D eigenvalue weighted by molar-refractivity contribution is 0.0974. The van der Waals surface area contributed by atoms with Gasteiger partial charge in [0.2, 0.25) is 0 Å². The fourth-order valence-electron chi connectivity index (χ4n) is 3.21. The molecule has 2 heteroatoms. The molecule has 1 fully saturated rings. The van der Waals surface area contributed by atoms with E-state index in [0.717, 1.165) is 31.4 Å². The molecular formula is C15H20O2. The van der Waals surface area contributed by atoms with Crippen LogP contribution in [0.2, 0.25) is 0 Å². The van der Waals surface area contributed by atoms with Crippen molar-refractivity contribution in [1.29, 1.82) is 0 Å². The lowest BCUT2D eigenvalue weighted by Crippen LogP contribution is -2.23. The highest BCUT2D eigenvalue weighted by Crippen LogP contribution is 2.36. The Balaban J connectivity index is 1.66. The highest BCUT2D eigenvalue weighted by molar-refractivity contribution is 5.40. The second kappa shape index (κ2) is 4.34. The monoisotopic (exact) mass is 232 g/mol. The van der Waals surface area contributed by atoms with Crippen molar-refractivity contribution in [2.75, 3.05) is 0 Å². The fourth-order valence-corrected chi connectivity index (χ4v) is 3.21. The van der Waals surface area contributed by atoms with Crippen LogP contribution in [0.5, 0.6) is 5.75 Å². The Kier molecular flexibility index (Phi) is 2.83. The molecule has 0 saturated heterocycles. The van der Waals surface area contributed by atoms with Crippen LogP contribution in [0.15, 0.2) is 18.2 Å². The molecule has 0 aromatic heterocycles. The quantitative estimate of drug-likeness (QED) is 0.849. The summed E-state index contributed by atoms with van der Waals surface area (Å²) in [6.45, 7) is 2.12. The van der Waals surface area contributed by atoms with Gasteiger partial charge in [0.25, 0.3) is 0 Å². The molecule has 17 heavy (non-hydrogen) atoms. The molecule has 1 heterocycles. The van der Waals surface area contributed by atoms with Crippen molar-refractivity contribution in [3.63, 3.8) is 0 Å². The number of hydrogen-bond donors (Lipinski definition) is 1. The van der Waals surface area contributed by atoms with E-state index >= 15 is 0 Å². The molecule has 1 N–H and O–H groups in total. The first-order chi connectivity index (χ1) is 8.22. The Bertz CT molecular complexity index is 413. The van der Waals surface area contributed by atoms with Crippen LogP contribution in [0.3, 0.4) is 0 Å². The predicted molar refractivity (Wildman–Crippen MR) is 67.3 cm³/mol.